The molecule has 0 nitrogen and oxygen atoms in total. The Morgan fingerprint density at radius 3 is 1.87 bits per heavy atom. The van der Waals surface area contributed by atoms with Gasteiger partial charge in [0.25, 0.3) is 0 Å². The number of fused-ring (bicyclic) bond motifs is 3. The van der Waals surface area contributed by atoms with Crippen molar-refractivity contribution in [2.75, 3.05) is 0 Å². The third-order valence-corrected chi connectivity index (χ3v) is 5.02. The molecule has 0 amide bonds. The molecule has 3 aromatic carbocycles. The predicted octanol–water partition coefficient (Wildman–Crippen LogP) is 1.03. The van der Waals surface area contributed by atoms with Crippen LogP contribution in [0.1, 0.15) is 63.8 Å². The Morgan fingerprint density at radius 1 is 0.833 bits per heavy atom. The van der Waals surface area contributed by atoms with E-state index in [1.165, 1.54) is 33.4 Å². The number of halogens is 2. The summed E-state index contributed by atoms with van der Waals surface area (Å²) in [4.78, 5) is 0. The van der Waals surface area contributed by atoms with Gasteiger partial charge in [0.2, 0.25) is 0 Å². The molecule has 30 heavy (non-hydrogen) atoms. The number of hydrogen-bond acceptors (Lipinski definition) is 0. The Balaban J connectivity index is 0.000000809. The zero-order valence-electron chi connectivity index (χ0n) is 18.9. The maximum Gasteiger partial charge on any atom is -0.172 e. The second kappa shape index (κ2) is 12.2. The molecule has 0 radical (unpaired) electrons. The summed E-state index contributed by atoms with van der Waals surface area (Å²) in [7, 11) is 0. The molecule has 0 saturated heterocycles. The van der Waals surface area contributed by atoms with E-state index in [9.17, 15) is 0 Å². The Kier molecular flexibility index (Phi) is 11.9. The van der Waals surface area contributed by atoms with Crippen molar-refractivity contribution in [2.45, 2.75) is 58.8 Å². The number of benzene rings is 2. The van der Waals surface area contributed by atoms with Gasteiger partial charge in [0.1, 0.15) is 0 Å². The van der Waals surface area contributed by atoms with Gasteiger partial charge in [0.15, 0.2) is 0 Å². The van der Waals surface area contributed by atoms with E-state index < -0.39 is 0 Å². The minimum Gasteiger partial charge on any atom is -1.00 e. The molecule has 4 rings (SSSR count). The second-order valence-corrected chi connectivity index (χ2v) is 9.28. The first-order valence-corrected chi connectivity index (χ1v) is 12.4. The predicted molar refractivity (Wildman–Crippen MR) is 120 cm³/mol. The van der Waals surface area contributed by atoms with Crippen LogP contribution in [0, 0.1) is 6.07 Å². The van der Waals surface area contributed by atoms with Crippen molar-refractivity contribution < 1.29 is 48.7 Å². The van der Waals surface area contributed by atoms with Crippen LogP contribution in [0.3, 0.4) is 0 Å². The van der Waals surface area contributed by atoms with E-state index in [2.05, 4.69) is 82.2 Å². The molecule has 0 aliphatic heterocycles. The van der Waals surface area contributed by atoms with E-state index in [1.807, 2.05) is 30.3 Å². The van der Waals surface area contributed by atoms with Crippen LogP contribution in [-0.2, 0) is 41.1 Å². The molecule has 0 bridgehead atoms. The number of rotatable bonds is 0. The summed E-state index contributed by atoms with van der Waals surface area (Å²) in [5, 5.41) is 0. The molecule has 0 spiro atoms. The Labute approximate surface area is 210 Å². The van der Waals surface area contributed by atoms with Crippen LogP contribution in [0.2, 0.25) is 0 Å². The van der Waals surface area contributed by atoms with Crippen molar-refractivity contribution in [1.82, 2.24) is 0 Å². The third kappa shape index (κ3) is 7.36. The Morgan fingerprint density at radius 2 is 1.40 bits per heavy atom. The summed E-state index contributed by atoms with van der Waals surface area (Å²) in [6, 6.07) is 25.2. The first-order valence-electron chi connectivity index (χ1n) is 9.88. The largest absolute Gasteiger partial charge is 1.00 e. The van der Waals surface area contributed by atoms with Crippen molar-refractivity contribution >= 4 is 4.26 Å². The van der Waals surface area contributed by atoms with E-state index in [1.54, 1.807) is 0 Å². The fourth-order valence-electron chi connectivity index (χ4n) is 3.35. The monoisotopic (exact) mass is 606 g/mol. The molecule has 0 atom stereocenters. The summed E-state index contributed by atoms with van der Waals surface area (Å²) < 4.78 is 3.39. The van der Waals surface area contributed by atoms with Crippen molar-refractivity contribution in [3.63, 3.8) is 0 Å². The molecule has 0 saturated carbocycles. The smallest absolute Gasteiger partial charge is 0.172 e. The molecular weight excluding hydrogens is 574 g/mol. The van der Waals surface area contributed by atoms with Gasteiger partial charge in [-0.3, -0.25) is 0 Å². The van der Waals surface area contributed by atoms with Crippen LogP contribution < -0.4 is 24.8 Å². The van der Waals surface area contributed by atoms with Crippen molar-refractivity contribution in [3.8, 4) is 11.1 Å². The molecule has 1 aliphatic rings. The van der Waals surface area contributed by atoms with Gasteiger partial charge in [-0.25, -0.2) is 12.1 Å². The van der Waals surface area contributed by atoms with Gasteiger partial charge in [-0.1, -0.05) is 65.3 Å². The SMILES string of the molecule is CC(C)(C)c1[c-]c2c(cc1)-c1ccc(C(C)(C)C)cc1C2.[CH2]=[Hf+2].[Cl-].[Cl-].c1cc[cH-]c1. The zero-order valence-corrected chi connectivity index (χ0v) is 24.0. The molecule has 0 unspecified atom stereocenters. The minimum atomic E-state index is 0. The Bertz CT molecular complexity index is 819. The first-order chi connectivity index (χ1) is 13.2. The second-order valence-electron chi connectivity index (χ2n) is 9.28. The summed E-state index contributed by atoms with van der Waals surface area (Å²) in [6.07, 6.45) is 1.03. The molecule has 160 valence electrons. The van der Waals surface area contributed by atoms with Crippen molar-refractivity contribution in [3.05, 3.63) is 89.0 Å². The standard InChI is InChI=1S/C21H25.C5H5.CH2.2ClH.Hf/c1-20(2,3)16-7-9-18-14(12-16)11-15-13-17(21(4,5)6)8-10-19(15)18;1-2-4-5-3-1;;;;/h7-10,12H,11H2,1-6H3;1-5H;1H2;2*1H;/q2*-1;;;;+2/p-2. The minimum absolute atomic E-state index is 0. The van der Waals surface area contributed by atoms with Gasteiger partial charge in [-0.05, 0) is 28.4 Å². The first kappa shape index (κ1) is 29.1. The topological polar surface area (TPSA) is 0 Å². The fourth-order valence-corrected chi connectivity index (χ4v) is 3.35. The quantitative estimate of drug-likeness (QED) is 0.208. The van der Waals surface area contributed by atoms with E-state index in [-0.39, 0.29) is 35.6 Å². The van der Waals surface area contributed by atoms with Gasteiger partial charge in [0.05, 0.1) is 0 Å². The van der Waals surface area contributed by atoms with Crippen LogP contribution in [0.4, 0.5) is 0 Å². The van der Waals surface area contributed by atoms with Gasteiger partial charge in [0, 0.05) is 0 Å². The van der Waals surface area contributed by atoms with Gasteiger partial charge >= 0.3 is 28.2 Å². The average Bonchev–Trinajstić information content (AvgIpc) is 3.32. The number of hydrogen-bond donors (Lipinski definition) is 0. The van der Waals surface area contributed by atoms with Gasteiger partial charge in [-0.2, -0.15) is 42.0 Å². The van der Waals surface area contributed by atoms with Crippen LogP contribution in [0.15, 0.2) is 60.7 Å². The molecule has 0 aromatic heterocycles. The van der Waals surface area contributed by atoms with Gasteiger partial charge in [-0.15, -0.1) is 11.1 Å². The van der Waals surface area contributed by atoms with Crippen molar-refractivity contribution in [1.29, 1.82) is 0 Å². The molecule has 3 aromatic rings. The normalized spacial score (nSPS) is 11.3. The summed E-state index contributed by atoms with van der Waals surface area (Å²) in [5.74, 6) is 0. The third-order valence-electron chi connectivity index (χ3n) is 5.02. The average molecular weight is 606 g/mol. The Hall–Kier alpha value is -0.890. The van der Waals surface area contributed by atoms with Crippen LogP contribution in [0.5, 0.6) is 0 Å². The molecule has 1 aliphatic carbocycles. The van der Waals surface area contributed by atoms with E-state index >= 15 is 0 Å². The van der Waals surface area contributed by atoms with Crippen molar-refractivity contribution in [2.24, 2.45) is 0 Å². The maximum absolute atomic E-state index is 3.67. The van der Waals surface area contributed by atoms with Crippen LogP contribution >= 0.6 is 0 Å². The summed E-state index contributed by atoms with van der Waals surface area (Å²) in [6.45, 7) is 13.6. The summed E-state index contributed by atoms with van der Waals surface area (Å²) in [5.41, 5.74) is 8.70. The van der Waals surface area contributed by atoms with E-state index in [0.717, 1.165) is 30.3 Å². The van der Waals surface area contributed by atoms with Crippen LogP contribution in [0.25, 0.3) is 11.1 Å². The summed E-state index contributed by atoms with van der Waals surface area (Å²) >= 11 is 1.06. The van der Waals surface area contributed by atoms with Crippen LogP contribution in [-0.4, -0.2) is 4.26 Å². The molecule has 0 heterocycles. The van der Waals surface area contributed by atoms with Gasteiger partial charge < -0.3 is 24.8 Å². The fraction of sp³-hybridized carbons (Fsp3) is 0.333. The van der Waals surface area contributed by atoms with E-state index in [0.29, 0.717) is 0 Å². The zero-order chi connectivity index (χ0) is 20.9. The van der Waals surface area contributed by atoms with E-state index in [4.69, 9.17) is 0 Å². The molecule has 0 fully saturated rings. The maximum atomic E-state index is 3.67. The molecular formula is C27H32Cl2Hf-2. The molecule has 3 heteroatoms. The molecule has 0 N–H and O–H groups in total.